The number of nitrogens with one attached hydrogen (secondary N) is 1. The maximum atomic E-state index is 13.3. The van der Waals surface area contributed by atoms with E-state index in [-0.39, 0.29) is 12.0 Å². The summed E-state index contributed by atoms with van der Waals surface area (Å²) in [5.41, 5.74) is 1.75. The highest BCUT2D eigenvalue weighted by molar-refractivity contribution is 7.22. The van der Waals surface area contributed by atoms with Gasteiger partial charge >= 0.3 is 0 Å². The van der Waals surface area contributed by atoms with Gasteiger partial charge < -0.3 is 29.9 Å². The Labute approximate surface area is 213 Å². The lowest BCUT2D eigenvalue weighted by Crippen LogP contribution is -2.36. The third-order valence-electron chi connectivity index (χ3n) is 6.99. The van der Waals surface area contributed by atoms with Gasteiger partial charge in [0.1, 0.15) is 11.5 Å². The zero-order valence-electron chi connectivity index (χ0n) is 20.2. The van der Waals surface area contributed by atoms with Gasteiger partial charge in [0.15, 0.2) is 16.6 Å². The third kappa shape index (κ3) is 4.82. The molecule has 3 fully saturated rings. The van der Waals surface area contributed by atoms with Crippen LogP contribution in [0, 0.1) is 0 Å². The molecule has 190 valence electrons. The van der Waals surface area contributed by atoms with Crippen LogP contribution in [0.2, 0.25) is 0 Å². The molecular weight excluding hydrogens is 478 g/mol. The third-order valence-corrected chi connectivity index (χ3v) is 8.04. The first-order valence-electron chi connectivity index (χ1n) is 12.7. The van der Waals surface area contributed by atoms with Crippen LogP contribution in [0.3, 0.4) is 0 Å². The van der Waals surface area contributed by atoms with Gasteiger partial charge in [-0.15, -0.1) is 0 Å². The van der Waals surface area contributed by atoms with Gasteiger partial charge in [0.25, 0.3) is 5.91 Å². The van der Waals surface area contributed by atoms with Crippen LogP contribution in [0.1, 0.15) is 36.2 Å². The average Bonchev–Trinajstić information content (AvgIpc) is 3.55. The molecule has 6 rings (SSSR count). The van der Waals surface area contributed by atoms with E-state index in [9.17, 15) is 9.90 Å². The second kappa shape index (κ2) is 10.2. The fraction of sp³-hybridized carbons (Fsp3) is 0.520. The van der Waals surface area contributed by atoms with Crippen LogP contribution in [-0.4, -0.2) is 84.6 Å². The number of thiazole rings is 1. The monoisotopic (exact) mass is 509 g/mol. The number of carbonyl (C=O) groups excluding carboxylic acids is 1. The summed E-state index contributed by atoms with van der Waals surface area (Å²) < 4.78 is 6.43. The van der Waals surface area contributed by atoms with Crippen LogP contribution >= 0.6 is 11.3 Å². The van der Waals surface area contributed by atoms with Crippen molar-refractivity contribution in [2.24, 2.45) is 0 Å². The predicted molar refractivity (Wildman–Crippen MR) is 142 cm³/mol. The summed E-state index contributed by atoms with van der Waals surface area (Å²) in [6.07, 6.45) is 3.78. The number of nitrogens with zero attached hydrogens (tertiary/aromatic N) is 6. The van der Waals surface area contributed by atoms with Crippen LogP contribution in [0.15, 0.2) is 24.3 Å². The summed E-state index contributed by atoms with van der Waals surface area (Å²) in [5.74, 6) is 1.21. The van der Waals surface area contributed by atoms with Crippen molar-refractivity contribution in [1.82, 2.24) is 15.0 Å². The molecular formula is C25H31N7O3S. The van der Waals surface area contributed by atoms with Crippen molar-refractivity contribution in [1.29, 1.82) is 0 Å². The van der Waals surface area contributed by atoms with Crippen molar-refractivity contribution < 1.29 is 14.6 Å². The van der Waals surface area contributed by atoms with E-state index in [1.54, 1.807) is 17.4 Å². The lowest BCUT2D eigenvalue weighted by atomic mass is 10.1. The number of amides is 1. The Morgan fingerprint density at radius 3 is 2.61 bits per heavy atom. The molecule has 6 heterocycles. The zero-order valence-corrected chi connectivity index (χ0v) is 21.0. The summed E-state index contributed by atoms with van der Waals surface area (Å²) in [7, 11) is 0. The van der Waals surface area contributed by atoms with Gasteiger partial charge in [0, 0.05) is 39.3 Å². The first-order chi connectivity index (χ1) is 17.6. The Balaban J connectivity index is 1.30. The van der Waals surface area contributed by atoms with E-state index >= 15 is 0 Å². The zero-order chi connectivity index (χ0) is 24.5. The Hall–Kier alpha value is -3.02. The van der Waals surface area contributed by atoms with Crippen molar-refractivity contribution in [2.75, 3.05) is 72.5 Å². The highest BCUT2D eigenvalue weighted by Crippen LogP contribution is 2.35. The molecule has 1 atom stereocenters. The molecule has 3 aliphatic rings. The number of ether oxygens (including phenoxy) is 1. The summed E-state index contributed by atoms with van der Waals surface area (Å²) in [5, 5.41) is 13.9. The molecule has 3 aromatic heterocycles. The molecule has 0 radical (unpaired) electrons. The van der Waals surface area contributed by atoms with Gasteiger partial charge in [-0.3, -0.25) is 4.79 Å². The van der Waals surface area contributed by atoms with E-state index in [4.69, 9.17) is 14.7 Å². The number of β-amino-alcohol motifs (C(OH)–C–C–N with tert-alkyl or cyclic N) is 1. The molecule has 0 spiro atoms. The number of aliphatic hydroxyl groups is 1. The lowest BCUT2D eigenvalue weighted by Gasteiger charge is -2.29. The minimum atomic E-state index is -0.351. The highest BCUT2D eigenvalue weighted by atomic mass is 32.1. The largest absolute Gasteiger partial charge is 0.391 e. The number of hydrogen-bond donors (Lipinski definition) is 2. The van der Waals surface area contributed by atoms with Crippen molar-refractivity contribution in [3.8, 4) is 0 Å². The molecule has 0 bridgehead atoms. The summed E-state index contributed by atoms with van der Waals surface area (Å²) in [6, 6.07) is 7.45. The molecule has 0 unspecified atom stereocenters. The van der Waals surface area contributed by atoms with Gasteiger partial charge in [-0.2, -0.15) is 4.98 Å². The minimum Gasteiger partial charge on any atom is -0.391 e. The summed E-state index contributed by atoms with van der Waals surface area (Å²) >= 11 is 1.60. The van der Waals surface area contributed by atoms with E-state index in [1.807, 2.05) is 23.1 Å². The van der Waals surface area contributed by atoms with Gasteiger partial charge in [0.2, 0.25) is 0 Å². The van der Waals surface area contributed by atoms with Crippen LogP contribution < -0.4 is 20.0 Å². The normalized spacial score (nSPS) is 20.8. The van der Waals surface area contributed by atoms with Crippen molar-refractivity contribution in [3.63, 3.8) is 0 Å². The topological polar surface area (TPSA) is 107 Å². The van der Waals surface area contributed by atoms with E-state index in [0.717, 1.165) is 61.2 Å². The van der Waals surface area contributed by atoms with Crippen molar-refractivity contribution in [2.45, 2.75) is 31.8 Å². The van der Waals surface area contributed by atoms with Crippen LogP contribution in [0.4, 0.5) is 22.5 Å². The fourth-order valence-corrected chi connectivity index (χ4v) is 6.03. The Morgan fingerprint density at radius 2 is 1.83 bits per heavy atom. The van der Waals surface area contributed by atoms with Crippen molar-refractivity contribution in [3.05, 3.63) is 30.0 Å². The Morgan fingerprint density at radius 1 is 1.00 bits per heavy atom. The Kier molecular flexibility index (Phi) is 6.60. The molecule has 3 saturated heterocycles. The number of piperidine rings is 1. The number of rotatable bonds is 5. The molecule has 0 aromatic carbocycles. The van der Waals surface area contributed by atoms with Gasteiger partial charge in [-0.25, -0.2) is 9.97 Å². The molecule has 11 heteroatoms. The molecule has 2 N–H and O–H groups in total. The number of fused-ring (bicyclic) bond motifs is 1. The number of anilines is 4. The molecule has 0 aliphatic carbocycles. The van der Waals surface area contributed by atoms with Crippen molar-refractivity contribution >= 4 is 50.0 Å². The van der Waals surface area contributed by atoms with E-state index in [2.05, 4.69) is 20.1 Å². The maximum absolute atomic E-state index is 13.3. The summed E-state index contributed by atoms with van der Waals surface area (Å²) in [4.78, 5) is 34.2. The minimum absolute atomic E-state index is 0.270. The van der Waals surface area contributed by atoms with E-state index in [0.29, 0.717) is 49.0 Å². The predicted octanol–water partition coefficient (Wildman–Crippen LogP) is 2.74. The standard InChI is InChI=1S/C25H31N7O3S/c33-17-7-10-32(16-17)21-6-4-5-18(26-21)24(34)27-19-15-20-22(28-23(19)30-8-2-1-3-9-30)29-25(36-20)31-11-13-35-14-12-31/h4-6,15,17,33H,1-3,7-14,16H2,(H,27,34)/t17-/m1/s1. The number of aromatic nitrogens is 3. The average molecular weight is 510 g/mol. The summed E-state index contributed by atoms with van der Waals surface area (Å²) in [6.45, 7) is 6.12. The fourth-order valence-electron chi connectivity index (χ4n) is 5.03. The van der Waals surface area contributed by atoms with Gasteiger partial charge in [0.05, 0.1) is 29.7 Å². The quantitative estimate of drug-likeness (QED) is 0.537. The van der Waals surface area contributed by atoms with Gasteiger partial charge in [-0.1, -0.05) is 17.4 Å². The molecule has 0 saturated carbocycles. The van der Waals surface area contributed by atoms with E-state index < -0.39 is 0 Å². The molecule has 1 amide bonds. The van der Waals surface area contributed by atoms with Crippen LogP contribution in [-0.2, 0) is 4.74 Å². The molecule has 3 aromatic rings. The number of carbonyl (C=O) groups is 1. The number of hydrogen-bond acceptors (Lipinski definition) is 10. The number of morpholine rings is 1. The second-order valence-corrected chi connectivity index (χ2v) is 10.6. The Bertz CT molecular complexity index is 1240. The van der Waals surface area contributed by atoms with Crippen LogP contribution in [0.25, 0.3) is 10.3 Å². The highest BCUT2D eigenvalue weighted by Gasteiger charge is 2.24. The maximum Gasteiger partial charge on any atom is 0.274 e. The van der Waals surface area contributed by atoms with Gasteiger partial charge in [-0.05, 0) is 43.9 Å². The SMILES string of the molecule is O=C(Nc1cc2sc(N3CCOCC3)nc2nc1N1CCCCC1)c1cccc(N2CC[C@@H](O)C2)n1. The molecule has 10 nitrogen and oxygen atoms in total. The van der Waals surface area contributed by atoms with Crippen LogP contribution in [0.5, 0.6) is 0 Å². The smallest absolute Gasteiger partial charge is 0.274 e. The first kappa shape index (κ1) is 23.4. The lowest BCUT2D eigenvalue weighted by molar-refractivity contribution is 0.102. The number of pyridine rings is 2. The van der Waals surface area contributed by atoms with E-state index in [1.165, 1.54) is 6.42 Å². The number of aliphatic hydroxyl groups excluding tert-OH is 1. The molecule has 3 aliphatic heterocycles. The second-order valence-electron chi connectivity index (χ2n) is 9.55. The first-order valence-corrected chi connectivity index (χ1v) is 13.6. The molecule has 36 heavy (non-hydrogen) atoms.